The fourth-order valence-electron chi connectivity index (χ4n) is 0.672. The van der Waals surface area contributed by atoms with Crippen molar-refractivity contribution < 1.29 is 0 Å². The average molecular weight is 157 g/mol. The summed E-state index contributed by atoms with van der Waals surface area (Å²) in [7, 11) is 0. The molecule has 0 atom stereocenters. The van der Waals surface area contributed by atoms with Gasteiger partial charge in [-0.15, -0.1) is 11.6 Å². The van der Waals surface area contributed by atoms with E-state index in [4.69, 9.17) is 11.6 Å². The van der Waals surface area contributed by atoms with Crippen molar-refractivity contribution in [1.29, 1.82) is 0 Å². The van der Waals surface area contributed by atoms with Gasteiger partial charge in [-0.25, -0.2) is 0 Å². The Hall–Kier alpha value is -0.490. The molecule has 0 aromatic carbocycles. The second-order valence-corrected chi connectivity index (χ2v) is 2.45. The van der Waals surface area contributed by atoms with Gasteiger partial charge in [0.15, 0.2) is 0 Å². The molecule has 0 amide bonds. The van der Waals surface area contributed by atoms with E-state index >= 15 is 0 Å². The van der Waals surface area contributed by atoms with Crippen molar-refractivity contribution in [1.82, 2.24) is 0 Å². The normalized spacial score (nSPS) is 12.5. The Balaban J connectivity index is 4.02. The van der Waals surface area contributed by atoms with Crippen LogP contribution in [0, 0.1) is 0 Å². The summed E-state index contributed by atoms with van der Waals surface area (Å²) in [4.78, 5) is 0. The lowest BCUT2D eigenvalue weighted by Gasteiger charge is -1.92. The molecule has 0 aliphatic heterocycles. The van der Waals surface area contributed by atoms with Gasteiger partial charge in [0.1, 0.15) is 0 Å². The molecular formula is C9H13Cl. The molecule has 56 valence electrons. The van der Waals surface area contributed by atoms with Crippen LogP contribution in [-0.2, 0) is 0 Å². The molecule has 0 nitrogen and oxygen atoms in total. The summed E-state index contributed by atoms with van der Waals surface area (Å²) in [5.74, 6) is 0.509. The Morgan fingerprint density at radius 2 is 2.20 bits per heavy atom. The quantitative estimate of drug-likeness (QED) is 0.435. The highest BCUT2D eigenvalue weighted by atomic mass is 35.5. The molecule has 0 spiro atoms. The maximum Gasteiger partial charge on any atom is 0.0468 e. The summed E-state index contributed by atoms with van der Waals surface area (Å²) in [5.41, 5.74) is 2.14. The lowest BCUT2D eigenvalue weighted by molar-refractivity contribution is 1.44. The Kier molecular flexibility index (Phi) is 5.05. The zero-order valence-electron chi connectivity index (χ0n) is 6.52. The van der Waals surface area contributed by atoms with Crippen LogP contribution in [0.2, 0.25) is 0 Å². The second-order valence-electron chi connectivity index (χ2n) is 2.18. The highest BCUT2D eigenvalue weighted by molar-refractivity contribution is 6.19. The maximum atomic E-state index is 5.53. The molecule has 0 N–H and O–H groups in total. The average Bonchev–Trinajstić information content (AvgIpc) is 1.88. The Bertz CT molecular complexity index is 164. The number of hydrogen-bond acceptors (Lipinski definition) is 0. The molecule has 0 aromatic heterocycles. The van der Waals surface area contributed by atoms with E-state index in [2.05, 4.69) is 6.58 Å². The maximum absolute atomic E-state index is 5.53. The summed E-state index contributed by atoms with van der Waals surface area (Å²) in [6.45, 7) is 7.77. The predicted octanol–water partition coefficient (Wildman–Crippen LogP) is 3.30. The monoisotopic (exact) mass is 156 g/mol. The van der Waals surface area contributed by atoms with Gasteiger partial charge in [0.25, 0.3) is 0 Å². The minimum atomic E-state index is 0.509. The standard InChI is InChI=1S/C9H13Cl/c1-4-5-8(2)6-9(3)7-10/h4-6H,3,7H2,1-2H3/b5-4-,8-6-. The molecule has 0 rings (SSSR count). The molecule has 0 unspecified atom stereocenters. The molecule has 0 saturated heterocycles. The largest absolute Gasteiger partial charge is 0.122 e. The fourth-order valence-corrected chi connectivity index (χ4v) is 0.749. The highest BCUT2D eigenvalue weighted by Crippen LogP contribution is 2.02. The third kappa shape index (κ3) is 4.39. The van der Waals surface area contributed by atoms with Crippen LogP contribution in [0.5, 0.6) is 0 Å². The first-order valence-electron chi connectivity index (χ1n) is 3.25. The van der Waals surface area contributed by atoms with E-state index in [1.807, 2.05) is 32.1 Å². The Morgan fingerprint density at radius 1 is 1.60 bits per heavy atom. The van der Waals surface area contributed by atoms with E-state index in [0.29, 0.717) is 5.88 Å². The van der Waals surface area contributed by atoms with Gasteiger partial charge < -0.3 is 0 Å². The van der Waals surface area contributed by atoms with Gasteiger partial charge in [-0.2, -0.15) is 0 Å². The zero-order valence-corrected chi connectivity index (χ0v) is 7.28. The summed E-state index contributed by atoms with van der Waals surface area (Å²) < 4.78 is 0. The molecule has 0 bridgehead atoms. The fraction of sp³-hybridized carbons (Fsp3) is 0.333. The summed E-state index contributed by atoms with van der Waals surface area (Å²) in [5, 5.41) is 0. The van der Waals surface area contributed by atoms with E-state index in [1.165, 1.54) is 5.57 Å². The van der Waals surface area contributed by atoms with Crippen LogP contribution >= 0.6 is 11.6 Å². The van der Waals surface area contributed by atoms with E-state index in [-0.39, 0.29) is 0 Å². The molecule has 0 fully saturated rings. The SMILES string of the molecule is C=C(/C=C(C)\C=C/C)CCl. The van der Waals surface area contributed by atoms with Gasteiger partial charge in [0, 0.05) is 5.88 Å². The summed E-state index contributed by atoms with van der Waals surface area (Å²) in [6.07, 6.45) is 6.00. The second kappa shape index (κ2) is 5.31. The third-order valence-corrected chi connectivity index (χ3v) is 1.38. The number of halogens is 1. The van der Waals surface area contributed by atoms with E-state index < -0.39 is 0 Å². The van der Waals surface area contributed by atoms with Crippen molar-refractivity contribution in [3.63, 3.8) is 0 Å². The van der Waals surface area contributed by atoms with Gasteiger partial charge in [-0.1, -0.05) is 30.4 Å². The van der Waals surface area contributed by atoms with Crippen molar-refractivity contribution in [2.24, 2.45) is 0 Å². The third-order valence-electron chi connectivity index (χ3n) is 1.03. The smallest absolute Gasteiger partial charge is 0.0468 e. The van der Waals surface area contributed by atoms with Gasteiger partial charge in [0.05, 0.1) is 0 Å². The number of rotatable bonds is 3. The van der Waals surface area contributed by atoms with Gasteiger partial charge in [-0.3, -0.25) is 0 Å². The summed E-state index contributed by atoms with van der Waals surface area (Å²) in [6, 6.07) is 0. The molecule has 0 aliphatic rings. The molecule has 0 aliphatic carbocycles. The van der Waals surface area contributed by atoms with E-state index in [0.717, 1.165) is 5.57 Å². The first-order chi connectivity index (χ1) is 4.70. The van der Waals surface area contributed by atoms with E-state index in [1.54, 1.807) is 0 Å². The van der Waals surface area contributed by atoms with Crippen molar-refractivity contribution >= 4 is 11.6 Å². The molecule has 10 heavy (non-hydrogen) atoms. The first-order valence-corrected chi connectivity index (χ1v) is 3.79. The lowest BCUT2D eigenvalue weighted by Crippen LogP contribution is -1.76. The van der Waals surface area contributed by atoms with Crippen LogP contribution in [0.1, 0.15) is 13.8 Å². The van der Waals surface area contributed by atoms with Crippen LogP contribution in [-0.4, -0.2) is 5.88 Å². The predicted molar refractivity (Wildman–Crippen MR) is 48.4 cm³/mol. The van der Waals surface area contributed by atoms with Crippen LogP contribution in [0.3, 0.4) is 0 Å². The van der Waals surface area contributed by atoms with Crippen molar-refractivity contribution in [2.75, 3.05) is 5.88 Å². The minimum absolute atomic E-state index is 0.509. The first kappa shape index (κ1) is 9.51. The van der Waals surface area contributed by atoms with E-state index in [9.17, 15) is 0 Å². The van der Waals surface area contributed by atoms with Crippen LogP contribution < -0.4 is 0 Å². The Labute approximate surface area is 67.9 Å². The molecule has 0 aromatic rings. The zero-order chi connectivity index (χ0) is 7.98. The molecule has 0 radical (unpaired) electrons. The molecular weight excluding hydrogens is 144 g/mol. The topological polar surface area (TPSA) is 0 Å². The number of allylic oxidation sites excluding steroid dienone is 5. The van der Waals surface area contributed by atoms with Crippen LogP contribution in [0.25, 0.3) is 0 Å². The minimum Gasteiger partial charge on any atom is -0.122 e. The molecule has 0 saturated carbocycles. The number of hydrogen-bond donors (Lipinski definition) is 0. The lowest BCUT2D eigenvalue weighted by atomic mass is 10.2. The van der Waals surface area contributed by atoms with Crippen molar-refractivity contribution in [2.45, 2.75) is 13.8 Å². The highest BCUT2D eigenvalue weighted by Gasteiger charge is 1.84. The van der Waals surface area contributed by atoms with Gasteiger partial charge in [0.2, 0.25) is 0 Å². The van der Waals surface area contributed by atoms with Crippen LogP contribution in [0.15, 0.2) is 36.0 Å². The van der Waals surface area contributed by atoms with Gasteiger partial charge in [-0.05, 0) is 19.4 Å². The van der Waals surface area contributed by atoms with Crippen molar-refractivity contribution in [3.05, 3.63) is 36.0 Å². The molecule has 0 heterocycles. The molecule has 1 heteroatoms. The Morgan fingerprint density at radius 3 is 2.60 bits per heavy atom. The number of alkyl halides is 1. The van der Waals surface area contributed by atoms with Crippen LogP contribution in [0.4, 0.5) is 0 Å². The summed E-state index contributed by atoms with van der Waals surface area (Å²) >= 11 is 5.53. The van der Waals surface area contributed by atoms with Crippen molar-refractivity contribution in [3.8, 4) is 0 Å². The van der Waals surface area contributed by atoms with Gasteiger partial charge >= 0.3 is 0 Å².